The Hall–Kier alpha value is -3.47. The molecule has 3 aromatic carbocycles. The number of amides is 1. The third-order valence-electron chi connectivity index (χ3n) is 4.65. The molecule has 0 unspecified atom stereocenters. The fourth-order valence-electron chi connectivity index (χ4n) is 3.01. The molecule has 0 aliphatic heterocycles. The van der Waals surface area contributed by atoms with Gasteiger partial charge in [0.05, 0.1) is 13.7 Å². The quantitative estimate of drug-likeness (QED) is 0.549. The predicted molar refractivity (Wildman–Crippen MR) is 117 cm³/mol. The molecule has 30 heavy (non-hydrogen) atoms. The van der Waals surface area contributed by atoms with E-state index in [1.54, 1.807) is 13.2 Å². The molecule has 0 aliphatic carbocycles. The van der Waals surface area contributed by atoms with E-state index in [1.165, 1.54) is 5.56 Å². The lowest BCUT2D eigenvalue weighted by Gasteiger charge is -2.15. The van der Waals surface area contributed by atoms with Gasteiger partial charge in [0.25, 0.3) is 5.91 Å². The van der Waals surface area contributed by atoms with Gasteiger partial charge in [-0.05, 0) is 49.7 Å². The van der Waals surface area contributed by atoms with Crippen LogP contribution in [0.1, 0.15) is 34.0 Å². The van der Waals surface area contributed by atoms with Gasteiger partial charge in [0, 0.05) is 17.7 Å². The molecule has 0 heterocycles. The summed E-state index contributed by atoms with van der Waals surface area (Å²) in [7, 11) is 1.60. The minimum Gasteiger partial charge on any atom is -0.493 e. The Labute approximate surface area is 177 Å². The Kier molecular flexibility index (Phi) is 7.33. The van der Waals surface area contributed by atoms with Crippen LogP contribution in [-0.2, 0) is 13.2 Å². The van der Waals surface area contributed by atoms with Crippen molar-refractivity contribution in [3.63, 3.8) is 0 Å². The van der Waals surface area contributed by atoms with E-state index >= 15 is 0 Å². The number of carbonyl (C=O) groups excluding carboxylic acids is 1. The molecule has 0 aliphatic rings. The highest BCUT2D eigenvalue weighted by atomic mass is 16.5. The van der Waals surface area contributed by atoms with Crippen molar-refractivity contribution in [1.82, 2.24) is 5.32 Å². The van der Waals surface area contributed by atoms with Crippen LogP contribution < -0.4 is 19.5 Å². The minimum atomic E-state index is -0.142. The Balaban J connectivity index is 1.72. The number of benzene rings is 3. The van der Waals surface area contributed by atoms with E-state index < -0.39 is 0 Å². The molecule has 0 aromatic heterocycles. The van der Waals surface area contributed by atoms with Crippen molar-refractivity contribution >= 4 is 5.91 Å². The van der Waals surface area contributed by atoms with E-state index in [9.17, 15) is 4.79 Å². The minimum absolute atomic E-state index is 0.142. The fourth-order valence-corrected chi connectivity index (χ4v) is 3.01. The van der Waals surface area contributed by atoms with Crippen LogP contribution in [0, 0.1) is 6.92 Å². The van der Waals surface area contributed by atoms with E-state index in [1.807, 2.05) is 74.5 Å². The lowest BCUT2D eigenvalue weighted by molar-refractivity contribution is 0.0950. The van der Waals surface area contributed by atoms with E-state index in [4.69, 9.17) is 14.2 Å². The van der Waals surface area contributed by atoms with Crippen molar-refractivity contribution in [3.8, 4) is 17.2 Å². The Bertz CT molecular complexity index is 983. The number of aryl methyl sites for hydroxylation is 1. The molecular weight excluding hydrogens is 378 g/mol. The normalized spacial score (nSPS) is 10.4. The first-order valence-electron chi connectivity index (χ1n) is 9.96. The molecule has 156 valence electrons. The number of rotatable bonds is 9. The molecule has 0 atom stereocenters. The van der Waals surface area contributed by atoms with Gasteiger partial charge in [0.2, 0.25) is 0 Å². The van der Waals surface area contributed by atoms with Gasteiger partial charge < -0.3 is 19.5 Å². The van der Waals surface area contributed by atoms with Crippen molar-refractivity contribution in [2.45, 2.75) is 27.0 Å². The predicted octanol–water partition coefficient (Wildman–Crippen LogP) is 4.91. The fraction of sp³-hybridized carbons (Fsp3) is 0.240. The van der Waals surface area contributed by atoms with Crippen LogP contribution in [-0.4, -0.2) is 19.6 Å². The van der Waals surface area contributed by atoms with Gasteiger partial charge in [-0.3, -0.25) is 4.79 Å². The van der Waals surface area contributed by atoms with Crippen molar-refractivity contribution in [2.24, 2.45) is 0 Å². The molecule has 0 bridgehead atoms. The van der Waals surface area contributed by atoms with Crippen LogP contribution in [0.4, 0.5) is 0 Å². The highest BCUT2D eigenvalue weighted by molar-refractivity contribution is 5.94. The number of methoxy groups -OCH3 is 1. The maximum absolute atomic E-state index is 12.7. The van der Waals surface area contributed by atoms with Crippen molar-refractivity contribution in [2.75, 3.05) is 13.7 Å². The summed E-state index contributed by atoms with van der Waals surface area (Å²) in [6.45, 7) is 5.22. The smallest absolute Gasteiger partial charge is 0.251 e. The Morgan fingerprint density at radius 2 is 1.63 bits per heavy atom. The lowest BCUT2D eigenvalue weighted by atomic mass is 10.1. The molecule has 5 nitrogen and oxygen atoms in total. The van der Waals surface area contributed by atoms with Gasteiger partial charge in [-0.25, -0.2) is 0 Å². The Morgan fingerprint density at radius 3 is 2.33 bits per heavy atom. The highest BCUT2D eigenvalue weighted by Crippen LogP contribution is 2.28. The number of nitrogens with one attached hydrogen (secondary N) is 1. The molecule has 0 spiro atoms. The number of hydrogen-bond acceptors (Lipinski definition) is 4. The second kappa shape index (κ2) is 10.3. The van der Waals surface area contributed by atoms with Crippen molar-refractivity contribution in [3.05, 3.63) is 89.0 Å². The number of ether oxygens (including phenoxy) is 3. The molecule has 0 saturated carbocycles. The highest BCUT2D eigenvalue weighted by Gasteiger charge is 2.12. The molecule has 0 fully saturated rings. The van der Waals surface area contributed by atoms with Crippen LogP contribution in [0.15, 0.2) is 66.7 Å². The third-order valence-corrected chi connectivity index (χ3v) is 4.65. The summed E-state index contributed by atoms with van der Waals surface area (Å²) < 4.78 is 17.0. The number of para-hydroxylation sites is 2. The van der Waals surface area contributed by atoms with Crippen LogP contribution in [0.25, 0.3) is 0 Å². The Morgan fingerprint density at radius 1 is 0.900 bits per heavy atom. The molecule has 1 N–H and O–H groups in total. The summed E-state index contributed by atoms with van der Waals surface area (Å²) in [5, 5.41) is 2.96. The van der Waals surface area contributed by atoms with Gasteiger partial charge in [0.1, 0.15) is 12.4 Å². The van der Waals surface area contributed by atoms with Gasteiger partial charge in [-0.15, -0.1) is 0 Å². The van der Waals surface area contributed by atoms with E-state index in [2.05, 4.69) is 5.32 Å². The molecule has 0 saturated heterocycles. The van der Waals surface area contributed by atoms with E-state index in [-0.39, 0.29) is 12.5 Å². The monoisotopic (exact) mass is 405 g/mol. The lowest BCUT2D eigenvalue weighted by Crippen LogP contribution is -2.23. The molecule has 0 radical (unpaired) electrons. The number of hydrogen-bond donors (Lipinski definition) is 1. The molecule has 3 rings (SSSR count). The second-order valence-electron chi connectivity index (χ2n) is 6.86. The van der Waals surface area contributed by atoms with Crippen LogP contribution in [0.5, 0.6) is 17.2 Å². The first kappa shape index (κ1) is 21.2. The second-order valence-corrected chi connectivity index (χ2v) is 6.86. The summed E-state index contributed by atoms with van der Waals surface area (Å²) in [5.41, 5.74) is 3.60. The topological polar surface area (TPSA) is 56.8 Å². The van der Waals surface area contributed by atoms with Crippen molar-refractivity contribution in [1.29, 1.82) is 0 Å². The number of carbonyl (C=O) groups is 1. The summed E-state index contributed by atoms with van der Waals surface area (Å²) in [6, 6.07) is 20.9. The molecular formula is C25H27NO4. The molecule has 5 heteroatoms. The van der Waals surface area contributed by atoms with Crippen LogP contribution >= 0.6 is 0 Å². The van der Waals surface area contributed by atoms with Gasteiger partial charge in [-0.2, -0.15) is 0 Å². The zero-order valence-electron chi connectivity index (χ0n) is 17.6. The maximum Gasteiger partial charge on any atom is 0.251 e. The summed E-state index contributed by atoms with van der Waals surface area (Å²) >= 11 is 0. The molecule has 3 aromatic rings. The zero-order valence-corrected chi connectivity index (χ0v) is 17.6. The van der Waals surface area contributed by atoms with Crippen LogP contribution in [0.2, 0.25) is 0 Å². The third kappa shape index (κ3) is 5.54. The van der Waals surface area contributed by atoms with Gasteiger partial charge >= 0.3 is 0 Å². The summed E-state index contributed by atoms with van der Waals surface area (Å²) in [4.78, 5) is 12.7. The SMILES string of the molecule is CCOc1ccc(C(=O)NCc2ccc(C)cc2)cc1COc1ccccc1OC. The summed E-state index contributed by atoms with van der Waals surface area (Å²) in [6.07, 6.45) is 0. The first-order chi connectivity index (χ1) is 14.6. The maximum atomic E-state index is 12.7. The van der Waals surface area contributed by atoms with E-state index in [0.29, 0.717) is 36.0 Å². The van der Waals surface area contributed by atoms with E-state index in [0.717, 1.165) is 11.1 Å². The van der Waals surface area contributed by atoms with Crippen molar-refractivity contribution < 1.29 is 19.0 Å². The largest absolute Gasteiger partial charge is 0.493 e. The average Bonchev–Trinajstić information content (AvgIpc) is 2.78. The first-order valence-corrected chi connectivity index (χ1v) is 9.96. The summed E-state index contributed by atoms with van der Waals surface area (Å²) in [5.74, 6) is 1.85. The van der Waals surface area contributed by atoms with Gasteiger partial charge in [-0.1, -0.05) is 42.0 Å². The van der Waals surface area contributed by atoms with Gasteiger partial charge in [0.15, 0.2) is 11.5 Å². The average molecular weight is 405 g/mol. The van der Waals surface area contributed by atoms with Crippen LogP contribution in [0.3, 0.4) is 0 Å². The zero-order chi connectivity index (χ0) is 21.3. The molecule has 1 amide bonds. The standard InChI is InChI=1S/C25H27NO4/c1-4-29-22-14-13-20(25(27)26-16-19-11-9-18(2)10-12-19)15-21(22)17-30-24-8-6-5-7-23(24)28-3/h5-15H,4,16-17H2,1-3H3,(H,26,27).